The Morgan fingerprint density at radius 2 is 2.56 bits per heavy atom. The number of rotatable bonds is 4. The lowest BCUT2D eigenvalue weighted by atomic mass is 10.2. The second-order valence-electron chi connectivity index (χ2n) is 3.82. The standard InChI is InChI=1S/C11H14N2O3/c1-8-10(2-3-11(14)15)12-7-13(8)6-9-4-5-16-9/h2-3,7,9H,4-6H2,1H3,(H,14,15)/b3-2+/t9-/m0/s1. The Balaban J connectivity index is 2.07. The molecule has 0 saturated carbocycles. The number of imidazole rings is 1. The largest absolute Gasteiger partial charge is 0.478 e. The molecule has 1 aromatic rings. The lowest BCUT2D eigenvalue weighted by molar-refractivity contribution is -0.131. The van der Waals surface area contributed by atoms with Crippen molar-refractivity contribution < 1.29 is 14.6 Å². The minimum Gasteiger partial charge on any atom is -0.478 e. The molecule has 0 bridgehead atoms. The first-order chi connectivity index (χ1) is 7.66. The van der Waals surface area contributed by atoms with Gasteiger partial charge in [-0.25, -0.2) is 9.78 Å². The fourth-order valence-corrected chi connectivity index (χ4v) is 1.60. The van der Waals surface area contributed by atoms with Gasteiger partial charge in [-0.15, -0.1) is 0 Å². The summed E-state index contributed by atoms with van der Waals surface area (Å²) in [5.74, 6) is -0.962. The predicted octanol–water partition coefficient (Wildman–Crippen LogP) is 1.08. The molecule has 0 aliphatic carbocycles. The topological polar surface area (TPSA) is 64.3 Å². The molecule has 1 aromatic heterocycles. The fourth-order valence-electron chi connectivity index (χ4n) is 1.60. The lowest BCUT2D eigenvalue weighted by Crippen LogP contribution is -2.31. The number of carboxylic acids is 1. The van der Waals surface area contributed by atoms with Gasteiger partial charge < -0.3 is 14.4 Å². The maximum absolute atomic E-state index is 10.4. The SMILES string of the molecule is Cc1c(/C=C/C(=O)O)ncn1C[C@@H]1CCO1. The average molecular weight is 222 g/mol. The smallest absolute Gasteiger partial charge is 0.328 e. The van der Waals surface area contributed by atoms with Gasteiger partial charge in [0, 0.05) is 18.4 Å². The zero-order valence-corrected chi connectivity index (χ0v) is 9.09. The molecule has 1 aliphatic rings. The fraction of sp³-hybridized carbons (Fsp3) is 0.455. The molecule has 86 valence electrons. The molecular formula is C11H14N2O3. The van der Waals surface area contributed by atoms with E-state index in [0.717, 1.165) is 31.3 Å². The molecule has 0 aromatic carbocycles. The third kappa shape index (κ3) is 2.30. The molecule has 16 heavy (non-hydrogen) atoms. The molecule has 0 unspecified atom stereocenters. The van der Waals surface area contributed by atoms with Gasteiger partial charge in [0.15, 0.2) is 0 Å². The molecule has 0 amide bonds. The minimum absolute atomic E-state index is 0.282. The summed E-state index contributed by atoms with van der Waals surface area (Å²) in [5.41, 5.74) is 1.66. The molecule has 0 radical (unpaired) electrons. The molecule has 0 spiro atoms. The van der Waals surface area contributed by atoms with Crippen LogP contribution < -0.4 is 0 Å². The van der Waals surface area contributed by atoms with Gasteiger partial charge in [-0.3, -0.25) is 0 Å². The van der Waals surface area contributed by atoms with Crippen LogP contribution in [0.25, 0.3) is 6.08 Å². The van der Waals surface area contributed by atoms with Gasteiger partial charge in [-0.2, -0.15) is 0 Å². The van der Waals surface area contributed by atoms with E-state index < -0.39 is 5.97 Å². The van der Waals surface area contributed by atoms with E-state index in [2.05, 4.69) is 4.98 Å². The molecule has 1 atom stereocenters. The average Bonchev–Trinajstić information content (AvgIpc) is 2.51. The van der Waals surface area contributed by atoms with E-state index >= 15 is 0 Å². The Hall–Kier alpha value is -1.62. The van der Waals surface area contributed by atoms with Crippen LogP contribution in [0.15, 0.2) is 12.4 Å². The number of aromatic nitrogens is 2. The quantitative estimate of drug-likeness (QED) is 0.774. The monoisotopic (exact) mass is 222 g/mol. The summed E-state index contributed by atoms with van der Waals surface area (Å²) in [6.07, 6.45) is 5.69. The number of ether oxygens (including phenoxy) is 1. The maximum atomic E-state index is 10.4. The summed E-state index contributed by atoms with van der Waals surface area (Å²) in [7, 11) is 0. The van der Waals surface area contributed by atoms with E-state index in [0.29, 0.717) is 5.69 Å². The van der Waals surface area contributed by atoms with E-state index in [1.54, 1.807) is 6.33 Å². The van der Waals surface area contributed by atoms with Crippen LogP contribution in [0, 0.1) is 6.92 Å². The van der Waals surface area contributed by atoms with Crippen molar-refractivity contribution in [2.75, 3.05) is 6.61 Å². The number of aliphatic carboxylic acids is 1. The molecule has 5 heteroatoms. The highest BCUT2D eigenvalue weighted by atomic mass is 16.5. The maximum Gasteiger partial charge on any atom is 0.328 e. The first-order valence-corrected chi connectivity index (χ1v) is 5.21. The van der Waals surface area contributed by atoms with Crippen molar-refractivity contribution in [1.82, 2.24) is 9.55 Å². The Morgan fingerprint density at radius 1 is 1.81 bits per heavy atom. The van der Waals surface area contributed by atoms with E-state index in [1.807, 2.05) is 11.5 Å². The highest BCUT2D eigenvalue weighted by Gasteiger charge is 2.19. The molecule has 1 saturated heterocycles. The zero-order chi connectivity index (χ0) is 11.5. The first-order valence-electron chi connectivity index (χ1n) is 5.21. The van der Waals surface area contributed by atoms with E-state index in [4.69, 9.17) is 9.84 Å². The highest BCUT2D eigenvalue weighted by Crippen LogP contribution is 2.16. The number of carboxylic acid groups (broad SMARTS) is 1. The molecule has 1 aliphatic heterocycles. The van der Waals surface area contributed by atoms with Crippen molar-refractivity contribution in [2.24, 2.45) is 0 Å². The second kappa shape index (κ2) is 4.49. The summed E-state index contributed by atoms with van der Waals surface area (Å²) in [5, 5.41) is 8.52. The number of hydrogen-bond acceptors (Lipinski definition) is 3. The Labute approximate surface area is 93.4 Å². The van der Waals surface area contributed by atoms with E-state index in [-0.39, 0.29) is 6.10 Å². The van der Waals surface area contributed by atoms with Crippen molar-refractivity contribution in [3.8, 4) is 0 Å². The van der Waals surface area contributed by atoms with Crippen LogP contribution in [0.5, 0.6) is 0 Å². The van der Waals surface area contributed by atoms with Crippen LogP contribution in [0.2, 0.25) is 0 Å². The first kappa shape index (κ1) is 10.9. The number of nitrogens with zero attached hydrogens (tertiary/aromatic N) is 2. The normalized spacial score (nSPS) is 19.9. The van der Waals surface area contributed by atoms with Crippen molar-refractivity contribution in [1.29, 1.82) is 0 Å². The molecular weight excluding hydrogens is 208 g/mol. The second-order valence-corrected chi connectivity index (χ2v) is 3.82. The van der Waals surface area contributed by atoms with Crippen molar-refractivity contribution in [3.63, 3.8) is 0 Å². The molecule has 1 N–H and O–H groups in total. The zero-order valence-electron chi connectivity index (χ0n) is 9.09. The summed E-state index contributed by atoms with van der Waals surface area (Å²) >= 11 is 0. The highest BCUT2D eigenvalue weighted by molar-refractivity contribution is 5.85. The van der Waals surface area contributed by atoms with Crippen LogP contribution in [0.1, 0.15) is 17.8 Å². The van der Waals surface area contributed by atoms with Gasteiger partial charge in [0.2, 0.25) is 0 Å². The van der Waals surface area contributed by atoms with Gasteiger partial charge in [0.25, 0.3) is 0 Å². The Morgan fingerprint density at radius 3 is 3.12 bits per heavy atom. The van der Waals surface area contributed by atoms with Crippen LogP contribution in [-0.4, -0.2) is 33.3 Å². The van der Waals surface area contributed by atoms with Gasteiger partial charge >= 0.3 is 5.97 Å². The van der Waals surface area contributed by atoms with Crippen molar-refractivity contribution in [2.45, 2.75) is 26.0 Å². The van der Waals surface area contributed by atoms with Gasteiger partial charge in [-0.1, -0.05) is 0 Å². The molecule has 5 nitrogen and oxygen atoms in total. The number of carbonyl (C=O) groups is 1. The van der Waals surface area contributed by atoms with Gasteiger partial charge in [0.1, 0.15) is 0 Å². The van der Waals surface area contributed by atoms with E-state index in [9.17, 15) is 4.79 Å². The van der Waals surface area contributed by atoms with Gasteiger partial charge in [0.05, 0.1) is 24.7 Å². The molecule has 2 rings (SSSR count). The van der Waals surface area contributed by atoms with Crippen molar-refractivity contribution in [3.05, 3.63) is 23.8 Å². The predicted molar refractivity (Wildman–Crippen MR) is 58.0 cm³/mol. The summed E-state index contributed by atoms with van der Waals surface area (Å²) in [6, 6.07) is 0. The third-order valence-electron chi connectivity index (χ3n) is 2.72. The van der Waals surface area contributed by atoms with Gasteiger partial charge in [-0.05, 0) is 19.4 Å². The van der Waals surface area contributed by atoms with Crippen LogP contribution in [0.4, 0.5) is 0 Å². The van der Waals surface area contributed by atoms with Crippen LogP contribution in [0.3, 0.4) is 0 Å². The molecule has 1 fully saturated rings. The molecule has 2 heterocycles. The number of hydrogen-bond donors (Lipinski definition) is 1. The lowest BCUT2D eigenvalue weighted by Gasteiger charge is -2.27. The van der Waals surface area contributed by atoms with Crippen LogP contribution >= 0.6 is 0 Å². The Bertz CT molecular complexity index is 419. The Kier molecular flexibility index (Phi) is 3.05. The summed E-state index contributed by atoms with van der Waals surface area (Å²) in [4.78, 5) is 14.5. The minimum atomic E-state index is -0.962. The third-order valence-corrected chi connectivity index (χ3v) is 2.72. The van der Waals surface area contributed by atoms with Crippen molar-refractivity contribution >= 4 is 12.0 Å². The van der Waals surface area contributed by atoms with E-state index in [1.165, 1.54) is 6.08 Å². The summed E-state index contributed by atoms with van der Waals surface area (Å²) < 4.78 is 7.33. The van der Waals surface area contributed by atoms with Crippen LogP contribution in [-0.2, 0) is 16.1 Å². The summed E-state index contributed by atoms with van der Waals surface area (Å²) in [6.45, 7) is 3.55.